The highest BCUT2D eigenvalue weighted by Crippen LogP contribution is 2.28. The van der Waals surface area contributed by atoms with Gasteiger partial charge in [-0.15, -0.1) is 4.40 Å². The van der Waals surface area contributed by atoms with Gasteiger partial charge in [-0.1, -0.05) is 11.6 Å². The number of rotatable bonds is 3. The fourth-order valence-electron chi connectivity index (χ4n) is 2.47. The van der Waals surface area contributed by atoms with Crippen molar-refractivity contribution >= 4 is 22.1 Å². The number of fused-ring (bicyclic) bond motifs is 1. The van der Waals surface area contributed by atoms with Crippen LogP contribution in [0.2, 0.25) is 0 Å². The number of aromatic hydroxyl groups is 1. The smallest absolute Gasteiger partial charge is 0.285 e. The summed E-state index contributed by atoms with van der Waals surface area (Å²) < 4.78 is 33.2. The third-order valence-electron chi connectivity index (χ3n) is 3.75. The van der Waals surface area contributed by atoms with Gasteiger partial charge in [0, 0.05) is 12.6 Å². The first-order valence-corrected chi connectivity index (χ1v) is 8.86. The molecule has 0 amide bonds. The number of amidine groups is 1. The average molecular weight is 359 g/mol. The molecule has 1 aliphatic rings. The number of phenols is 1. The lowest BCUT2D eigenvalue weighted by Gasteiger charge is -2.13. The summed E-state index contributed by atoms with van der Waals surface area (Å²) in [7, 11) is -0.614. The molecule has 130 valence electrons. The van der Waals surface area contributed by atoms with Crippen LogP contribution in [0.1, 0.15) is 16.7 Å². The number of hydrogen-bond acceptors (Lipinski definition) is 6. The number of methoxy groups -OCH3 is 1. The molecule has 0 aromatic heterocycles. The second-order valence-corrected chi connectivity index (χ2v) is 7.16. The summed E-state index contributed by atoms with van der Waals surface area (Å²) in [5.41, 5.74) is 2.15. The number of hydrazone groups is 1. The quantitative estimate of drug-likeness (QED) is 0.669. The lowest BCUT2D eigenvalue weighted by atomic mass is 10.1. The Balaban J connectivity index is 1.92. The van der Waals surface area contributed by atoms with Gasteiger partial charge in [0.05, 0.1) is 13.3 Å². The molecular weight excluding hydrogens is 342 g/mol. The zero-order valence-corrected chi connectivity index (χ0v) is 14.8. The van der Waals surface area contributed by atoms with Gasteiger partial charge in [-0.25, -0.2) is 5.01 Å². The van der Waals surface area contributed by atoms with Gasteiger partial charge in [0.15, 0.2) is 17.3 Å². The molecule has 0 saturated carbocycles. The van der Waals surface area contributed by atoms with Crippen molar-refractivity contribution in [3.63, 3.8) is 0 Å². The lowest BCUT2D eigenvalue weighted by molar-refractivity contribution is 0.373. The van der Waals surface area contributed by atoms with Crippen molar-refractivity contribution in [2.45, 2.75) is 11.8 Å². The molecule has 2 aromatic rings. The van der Waals surface area contributed by atoms with Gasteiger partial charge in [-0.05, 0) is 42.8 Å². The van der Waals surface area contributed by atoms with Crippen LogP contribution < -0.4 is 4.74 Å². The molecule has 7 nitrogen and oxygen atoms in total. The normalized spacial score (nSPS) is 15.1. The zero-order valence-electron chi connectivity index (χ0n) is 14.0. The molecular formula is C17H17N3O4S. The minimum atomic E-state index is -3.70. The van der Waals surface area contributed by atoms with E-state index in [1.807, 2.05) is 6.92 Å². The number of aryl methyl sites for hydroxylation is 1. The minimum Gasteiger partial charge on any atom is -0.504 e. The van der Waals surface area contributed by atoms with E-state index < -0.39 is 10.0 Å². The summed E-state index contributed by atoms with van der Waals surface area (Å²) in [5.74, 6) is 0.623. The van der Waals surface area contributed by atoms with Gasteiger partial charge in [0.1, 0.15) is 4.90 Å². The van der Waals surface area contributed by atoms with Crippen LogP contribution in [-0.2, 0) is 10.0 Å². The molecule has 2 aromatic carbocycles. The molecule has 0 saturated heterocycles. The summed E-state index contributed by atoms with van der Waals surface area (Å²) in [4.78, 5) is 0.182. The number of phenolic OH excluding ortho intramolecular Hbond substituents is 1. The van der Waals surface area contributed by atoms with E-state index in [9.17, 15) is 13.5 Å². The molecule has 0 bridgehead atoms. The second-order valence-electron chi connectivity index (χ2n) is 5.59. The van der Waals surface area contributed by atoms with Crippen LogP contribution in [0, 0.1) is 6.92 Å². The van der Waals surface area contributed by atoms with Gasteiger partial charge in [-0.3, -0.25) is 0 Å². The molecule has 0 spiro atoms. The molecule has 0 atom stereocenters. The van der Waals surface area contributed by atoms with Gasteiger partial charge in [-0.2, -0.15) is 13.5 Å². The highest BCUT2D eigenvalue weighted by atomic mass is 32.2. The molecule has 1 heterocycles. The van der Waals surface area contributed by atoms with Crippen molar-refractivity contribution in [2.75, 3.05) is 14.2 Å². The maximum Gasteiger partial charge on any atom is 0.285 e. The number of nitrogens with zero attached hydrogens (tertiary/aromatic N) is 3. The summed E-state index contributed by atoms with van der Waals surface area (Å²) >= 11 is 0. The lowest BCUT2D eigenvalue weighted by Crippen LogP contribution is -2.21. The highest BCUT2D eigenvalue weighted by Gasteiger charge is 2.30. The van der Waals surface area contributed by atoms with Crippen LogP contribution in [0.15, 0.2) is 50.8 Å². The molecule has 0 fully saturated rings. The van der Waals surface area contributed by atoms with Crippen LogP contribution in [0.4, 0.5) is 0 Å². The molecule has 8 heteroatoms. The Morgan fingerprint density at radius 3 is 2.72 bits per heavy atom. The molecule has 1 aliphatic heterocycles. The van der Waals surface area contributed by atoms with Crippen LogP contribution >= 0.6 is 0 Å². The maximum atomic E-state index is 12.2. The molecule has 0 unspecified atom stereocenters. The molecule has 1 N–H and O–H groups in total. The summed E-state index contributed by atoms with van der Waals surface area (Å²) in [6.07, 6.45) is 1.53. The Bertz CT molecular complexity index is 997. The number of benzene rings is 2. The van der Waals surface area contributed by atoms with Gasteiger partial charge in [0.25, 0.3) is 10.0 Å². The fraction of sp³-hybridized carbons (Fsp3) is 0.176. The average Bonchev–Trinajstić information content (AvgIpc) is 2.84. The van der Waals surface area contributed by atoms with E-state index in [1.165, 1.54) is 24.4 Å². The van der Waals surface area contributed by atoms with E-state index in [2.05, 4.69) is 9.50 Å². The van der Waals surface area contributed by atoms with Crippen molar-refractivity contribution in [3.8, 4) is 11.5 Å². The fourth-order valence-corrected chi connectivity index (χ4v) is 3.68. The Morgan fingerprint density at radius 1 is 1.24 bits per heavy atom. The first kappa shape index (κ1) is 17.0. The molecule has 0 radical (unpaired) electrons. The number of ether oxygens (including phenoxy) is 1. The SMILES string of the molecule is COc1cc(/C=N/N(C)C2=NS(=O)(=O)c3ccc(C)cc32)ccc1O. The molecule has 25 heavy (non-hydrogen) atoms. The zero-order chi connectivity index (χ0) is 18.2. The van der Waals surface area contributed by atoms with Crippen molar-refractivity contribution < 1.29 is 18.3 Å². The highest BCUT2D eigenvalue weighted by molar-refractivity contribution is 7.90. The Labute approximate surface area is 145 Å². The predicted molar refractivity (Wildman–Crippen MR) is 94.9 cm³/mol. The predicted octanol–water partition coefficient (Wildman–Crippen LogP) is 2.12. The molecule has 0 aliphatic carbocycles. The monoisotopic (exact) mass is 359 g/mol. The maximum absolute atomic E-state index is 12.2. The summed E-state index contributed by atoms with van der Waals surface area (Å²) in [6, 6.07) is 9.85. The van der Waals surface area contributed by atoms with Gasteiger partial charge >= 0.3 is 0 Å². The van der Waals surface area contributed by atoms with E-state index in [1.54, 1.807) is 37.4 Å². The van der Waals surface area contributed by atoms with Crippen LogP contribution in [-0.4, -0.2) is 44.7 Å². The van der Waals surface area contributed by atoms with Crippen LogP contribution in [0.25, 0.3) is 0 Å². The van der Waals surface area contributed by atoms with E-state index in [0.29, 0.717) is 16.9 Å². The van der Waals surface area contributed by atoms with E-state index >= 15 is 0 Å². The van der Waals surface area contributed by atoms with Crippen molar-refractivity contribution in [1.82, 2.24) is 5.01 Å². The van der Waals surface area contributed by atoms with Crippen LogP contribution in [0.5, 0.6) is 11.5 Å². The Hall–Kier alpha value is -2.87. The first-order valence-electron chi connectivity index (χ1n) is 7.42. The topological polar surface area (TPSA) is 91.6 Å². The number of hydrogen-bond donors (Lipinski definition) is 1. The largest absolute Gasteiger partial charge is 0.504 e. The van der Waals surface area contributed by atoms with E-state index in [-0.39, 0.29) is 16.5 Å². The summed E-state index contributed by atoms with van der Waals surface area (Å²) in [5, 5.41) is 15.3. The third-order valence-corrected chi connectivity index (χ3v) is 5.08. The minimum absolute atomic E-state index is 0.0312. The first-order chi connectivity index (χ1) is 11.8. The van der Waals surface area contributed by atoms with Gasteiger partial charge in [0.2, 0.25) is 0 Å². The second kappa shape index (κ2) is 6.21. The van der Waals surface area contributed by atoms with E-state index in [4.69, 9.17) is 4.74 Å². The van der Waals surface area contributed by atoms with Crippen molar-refractivity contribution in [3.05, 3.63) is 53.1 Å². The summed E-state index contributed by atoms with van der Waals surface area (Å²) in [6.45, 7) is 1.88. The standard InChI is InChI=1S/C17H17N3O4S/c1-11-4-7-16-13(8-11)17(19-25(16,22)23)20(2)18-10-12-5-6-14(21)15(9-12)24-3/h4-10,21H,1-3H3/b18-10+. The Morgan fingerprint density at radius 2 is 2.00 bits per heavy atom. The molecule has 3 rings (SSSR count). The third kappa shape index (κ3) is 3.20. The Kier molecular flexibility index (Phi) is 4.22. The van der Waals surface area contributed by atoms with Crippen molar-refractivity contribution in [2.24, 2.45) is 9.50 Å². The van der Waals surface area contributed by atoms with E-state index in [0.717, 1.165) is 5.56 Å². The number of sulfonamides is 1. The van der Waals surface area contributed by atoms with Crippen molar-refractivity contribution in [1.29, 1.82) is 0 Å². The van der Waals surface area contributed by atoms with Crippen LogP contribution in [0.3, 0.4) is 0 Å². The van der Waals surface area contributed by atoms with Gasteiger partial charge < -0.3 is 9.84 Å².